The van der Waals surface area contributed by atoms with Gasteiger partial charge in [0.15, 0.2) is 0 Å². The van der Waals surface area contributed by atoms with Gasteiger partial charge in [0.1, 0.15) is 17.3 Å². The lowest BCUT2D eigenvalue weighted by Crippen LogP contribution is -2.49. The number of nitrogens with one attached hydrogen (secondary N) is 1. The molecule has 0 radical (unpaired) electrons. The summed E-state index contributed by atoms with van der Waals surface area (Å²) < 4.78 is 18.1. The Balaban J connectivity index is 1.35. The maximum absolute atomic E-state index is 12.8. The number of carbonyl (C=O) groups is 1. The Morgan fingerprint density at radius 3 is 2.73 bits per heavy atom. The first kappa shape index (κ1) is 20.5. The molecule has 0 unspecified atom stereocenters. The van der Waals surface area contributed by atoms with Gasteiger partial charge in [-0.2, -0.15) is 5.10 Å². The third kappa shape index (κ3) is 4.22. The Hall–Kier alpha value is -2.78. The van der Waals surface area contributed by atoms with E-state index >= 15 is 0 Å². The minimum absolute atomic E-state index is 0.0926. The Bertz CT molecular complexity index is 905. The molecule has 1 aromatic heterocycles. The van der Waals surface area contributed by atoms with Crippen molar-refractivity contribution in [1.82, 2.24) is 19.6 Å². The number of ether oxygens (including phenoxy) is 3. The normalized spacial score (nSPS) is 16.8. The molecule has 0 saturated carbocycles. The number of amides is 2. The third-order valence-electron chi connectivity index (χ3n) is 5.72. The van der Waals surface area contributed by atoms with Crippen LogP contribution in [0, 0.1) is 0 Å². The number of hydrogen-bond acceptors (Lipinski definition) is 6. The van der Waals surface area contributed by atoms with Gasteiger partial charge in [-0.1, -0.05) is 0 Å². The van der Waals surface area contributed by atoms with Crippen LogP contribution in [0.2, 0.25) is 0 Å². The third-order valence-corrected chi connectivity index (χ3v) is 5.72. The lowest BCUT2D eigenvalue weighted by Gasteiger charge is -2.35. The van der Waals surface area contributed by atoms with Gasteiger partial charge < -0.3 is 19.1 Å². The smallest absolute Gasteiger partial charge is 0.323 e. The number of nitrogens with zero attached hydrogens (tertiary/aromatic N) is 4. The maximum Gasteiger partial charge on any atom is 0.323 e. The first-order valence-corrected chi connectivity index (χ1v) is 10.2. The van der Waals surface area contributed by atoms with Crippen LogP contribution in [0.3, 0.4) is 0 Å². The summed E-state index contributed by atoms with van der Waals surface area (Å²) in [5, 5.41) is 7.55. The molecule has 3 heterocycles. The fourth-order valence-corrected chi connectivity index (χ4v) is 4.01. The molecule has 2 aromatic rings. The van der Waals surface area contributed by atoms with E-state index in [0.29, 0.717) is 26.3 Å². The van der Waals surface area contributed by atoms with Crippen molar-refractivity contribution in [3.63, 3.8) is 0 Å². The number of methoxy groups -OCH3 is 2. The molecule has 2 aliphatic rings. The van der Waals surface area contributed by atoms with E-state index in [2.05, 4.69) is 15.3 Å². The predicted octanol–water partition coefficient (Wildman–Crippen LogP) is 1.86. The summed E-state index contributed by atoms with van der Waals surface area (Å²) in [6, 6.07) is 5.74. The minimum Gasteiger partial charge on any atom is -0.497 e. The lowest BCUT2D eigenvalue weighted by atomic mass is 10.1. The number of benzene rings is 1. The summed E-state index contributed by atoms with van der Waals surface area (Å²) in [7, 11) is 5.19. The zero-order valence-corrected chi connectivity index (χ0v) is 17.8. The molecule has 0 spiro atoms. The number of urea groups is 1. The van der Waals surface area contributed by atoms with Crippen molar-refractivity contribution in [2.45, 2.75) is 19.6 Å². The largest absolute Gasteiger partial charge is 0.497 e. The molecule has 2 aliphatic heterocycles. The fraction of sp³-hybridized carbons (Fsp3) is 0.524. The first-order chi connectivity index (χ1) is 14.6. The van der Waals surface area contributed by atoms with Gasteiger partial charge >= 0.3 is 6.03 Å². The van der Waals surface area contributed by atoms with Gasteiger partial charge in [0, 0.05) is 57.3 Å². The van der Waals surface area contributed by atoms with Crippen LogP contribution in [0.25, 0.3) is 0 Å². The van der Waals surface area contributed by atoms with Gasteiger partial charge in [0.05, 0.1) is 33.1 Å². The zero-order chi connectivity index (χ0) is 21.1. The van der Waals surface area contributed by atoms with Gasteiger partial charge in [0.25, 0.3) is 0 Å². The SMILES string of the molecule is COc1ccc(OC)c(CN2CCN(C(=O)Nc3c4c(nn3C)CCOC4)CC2)c1. The van der Waals surface area contributed by atoms with E-state index in [-0.39, 0.29) is 6.03 Å². The molecule has 0 aliphatic carbocycles. The highest BCUT2D eigenvalue weighted by molar-refractivity contribution is 5.89. The van der Waals surface area contributed by atoms with Gasteiger partial charge in [-0.25, -0.2) is 4.79 Å². The van der Waals surface area contributed by atoms with E-state index in [0.717, 1.165) is 60.2 Å². The number of rotatable bonds is 5. The molecule has 4 rings (SSSR count). The summed E-state index contributed by atoms with van der Waals surface area (Å²) in [5.74, 6) is 2.39. The van der Waals surface area contributed by atoms with Crippen LogP contribution in [-0.4, -0.2) is 72.6 Å². The van der Waals surface area contributed by atoms with Crippen LogP contribution in [0.5, 0.6) is 11.5 Å². The summed E-state index contributed by atoms with van der Waals surface area (Å²) in [6.45, 7) is 4.83. The predicted molar refractivity (Wildman–Crippen MR) is 112 cm³/mol. The molecule has 1 N–H and O–H groups in total. The van der Waals surface area contributed by atoms with E-state index in [1.54, 1.807) is 18.9 Å². The van der Waals surface area contributed by atoms with Crippen LogP contribution in [-0.2, 0) is 31.4 Å². The Morgan fingerprint density at radius 1 is 1.20 bits per heavy atom. The number of aryl methyl sites for hydroxylation is 1. The average molecular weight is 415 g/mol. The number of piperazine rings is 1. The van der Waals surface area contributed by atoms with Crippen molar-refractivity contribution in [1.29, 1.82) is 0 Å². The molecule has 30 heavy (non-hydrogen) atoms. The molecule has 9 heteroatoms. The van der Waals surface area contributed by atoms with Gasteiger partial charge in [-0.15, -0.1) is 0 Å². The summed E-state index contributed by atoms with van der Waals surface area (Å²) in [4.78, 5) is 17.0. The summed E-state index contributed by atoms with van der Waals surface area (Å²) in [6.07, 6.45) is 0.783. The highest BCUT2D eigenvalue weighted by Crippen LogP contribution is 2.26. The van der Waals surface area contributed by atoms with Crippen molar-refractivity contribution in [2.24, 2.45) is 7.05 Å². The molecule has 1 fully saturated rings. The number of anilines is 1. The number of hydrogen-bond donors (Lipinski definition) is 1. The topological polar surface area (TPSA) is 81.1 Å². The Labute approximate surface area is 176 Å². The Morgan fingerprint density at radius 2 is 2.00 bits per heavy atom. The first-order valence-electron chi connectivity index (χ1n) is 10.2. The number of fused-ring (bicyclic) bond motifs is 1. The second-order valence-corrected chi connectivity index (χ2v) is 7.57. The van der Waals surface area contributed by atoms with Crippen LogP contribution < -0.4 is 14.8 Å². The van der Waals surface area contributed by atoms with Crippen molar-refractivity contribution in [2.75, 3.05) is 52.3 Å². The Kier molecular flexibility index (Phi) is 6.10. The van der Waals surface area contributed by atoms with Crippen molar-refractivity contribution in [3.8, 4) is 11.5 Å². The fourth-order valence-electron chi connectivity index (χ4n) is 4.01. The molecule has 0 bridgehead atoms. The van der Waals surface area contributed by atoms with Gasteiger partial charge in [-0.05, 0) is 18.2 Å². The second-order valence-electron chi connectivity index (χ2n) is 7.57. The van der Waals surface area contributed by atoms with Crippen LogP contribution in [0.1, 0.15) is 16.8 Å². The molecule has 162 valence electrons. The molecule has 1 saturated heterocycles. The molecular weight excluding hydrogens is 386 g/mol. The van der Waals surface area contributed by atoms with E-state index in [9.17, 15) is 4.79 Å². The van der Waals surface area contributed by atoms with E-state index in [1.807, 2.05) is 30.1 Å². The van der Waals surface area contributed by atoms with Gasteiger partial charge in [-0.3, -0.25) is 14.9 Å². The molecule has 1 aromatic carbocycles. The van der Waals surface area contributed by atoms with E-state index < -0.39 is 0 Å². The molecule has 0 atom stereocenters. The summed E-state index contributed by atoms with van der Waals surface area (Å²) >= 11 is 0. The molecular formula is C21H29N5O4. The number of carbonyl (C=O) groups excluding carboxylic acids is 1. The van der Waals surface area contributed by atoms with Crippen molar-refractivity contribution >= 4 is 11.8 Å². The van der Waals surface area contributed by atoms with Crippen LogP contribution in [0.4, 0.5) is 10.6 Å². The number of aromatic nitrogens is 2. The standard InChI is InChI=1S/C21H29N5O4/c1-24-20(17-14-30-11-6-18(17)23-24)22-21(27)26-9-7-25(8-10-26)13-15-12-16(28-2)4-5-19(15)29-3/h4-5,12H,6-11,13-14H2,1-3H3,(H,22,27). The molecule has 9 nitrogen and oxygen atoms in total. The minimum atomic E-state index is -0.0926. The van der Waals surface area contributed by atoms with Crippen LogP contribution >= 0.6 is 0 Å². The van der Waals surface area contributed by atoms with Crippen molar-refractivity contribution < 1.29 is 19.0 Å². The van der Waals surface area contributed by atoms with E-state index in [1.165, 1.54) is 0 Å². The van der Waals surface area contributed by atoms with Gasteiger partial charge in [0.2, 0.25) is 0 Å². The van der Waals surface area contributed by atoms with E-state index in [4.69, 9.17) is 14.2 Å². The van der Waals surface area contributed by atoms with Crippen LogP contribution in [0.15, 0.2) is 18.2 Å². The second kappa shape index (κ2) is 8.93. The highest BCUT2D eigenvalue weighted by Gasteiger charge is 2.26. The average Bonchev–Trinajstić information content (AvgIpc) is 3.09. The lowest BCUT2D eigenvalue weighted by molar-refractivity contribution is 0.110. The van der Waals surface area contributed by atoms with Crippen molar-refractivity contribution in [3.05, 3.63) is 35.0 Å². The monoisotopic (exact) mass is 415 g/mol. The highest BCUT2D eigenvalue weighted by atomic mass is 16.5. The summed E-state index contributed by atoms with van der Waals surface area (Å²) in [5.41, 5.74) is 3.08. The maximum atomic E-state index is 12.8. The quantitative estimate of drug-likeness (QED) is 0.803. The zero-order valence-electron chi connectivity index (χ0n) is 17.8. The molecule has 2 amide bonds.